The van der Waals surface area contributed by atoms with E-state index in [0.717, 1.165) is 22.5 Å². The second kappa shape index (κ2) is 9.47. The van der Waals surface area contributed by atoms with Crippen LogP contribution in [0.5, 0.6) is 0 Å². The molecule has 3 rings (SSSR count). The molecule has 0 aliphatic heterocycles. The number of carbonyl (C=O) groups excluding carboxylic acids is 1. The van der Waals surface area contributed by atoms with Gasteiger partial charge in [-0.3, -0.25) is 9.48 Å². The van der Waals surface area contributed by atoms with Crippen LogP contribution in [0.15, 0.2) is 59.5 Å². The summed E-state index contributed by atoms with van der Waals surface area (Å²) in [6.07, 6.45) is 3.10. The first-order valence-electron chi connectivity index (χ1n) is 9.51. The number of hydrogen-bond donors (Lipinski definition) is 2. The fourth-order valence-electron chi connectivity index (χ4n) is 3.10. The van der Waals surface area contributed by atoms with Crippen molar-refractivity contribution in [1.82, 2.24) is 14.5 Å². The van der Waals surface area contributed by atoms with Gasteiger partial charge in [-0.1, -0.05) is 35.9 Å². The fraction of sp³-hybridized carbons (Fsp3) is 0.182. The van der Waals surface area contributed by atoms with Crippen molar-refractivity contribution in [3.63, 3.8) is 0 Å². The third-order valence-electron chi connectivity index (χ3n) is 4.80. The molecular weight excluding hydrogens is 436 g/mol. The maximum absolute atomic E-state index is 12.4. The second-order valence-electron chi connectivity index (χ2n) is 6.89. The van der Waals surface area contributed by atoms with Crippen LogP contribution in [0.1, 0.15) is 22.5 Å². The first kappa shape index (κ1) is 22.7. The second-order valence-corrected chi connectivity index (χ2v) is 9.19. The lowest BCUT2D eigenvalue weighted by Crippen LogP contribution is -2.18. The lowest BCUT2D eigenvalue weighted by Gasteiger charge is -2.07. The van der Waals surface area contributed by atoms with Gasteiger partial charge in [0.2, 0.25) is 15.9 Å². The van der Waals surface area contributed by atoms with Gasteiger partial charge in [0, 0.05) is 28.0 Å². The van der Waals surface area contributed by atoms with Crippen LogP contribution in [-0.4, -0.2) is 31.2 Å². The van der Waals surface area contributed by atoms with Crippen molar-refractivity contribution in [1.29, 1.82) is 0 Å². The Kier molecular flexibility index (Phi) is 6.94. The molecule has 0 atom stereocenters. The number of nitrogens with zero attached hydrogens (tertiary/aromatic N) is 2. The molecule has 2 aromatic carbocycles. The van der Waals surface area contributed by atoms with E-state index in [0.29, 0.717) is 17.3 Å². The van der Waals surface area contributed by atoms with E-state index < -0.39 is 10.0 Å². The molecule has 0 spiro atoms. The van der Waals surface area contributed by atoms with Crippen molar-refractivity contribution >= 4 is 39.3 Å². The molecule has 0 aliphatic rings. The Morgan fingerprint density at radius 3 is 2.61 bits per heavy atom. The molecule has 0 saturated carbocycles. The van der Waals surface area contributed by atoms with E-state index in [-0.39, 0.29) is 10.8 Å². The lowest BCUT2D eigenvalue weighted by atomic mass is 10.1. The molecule has 1 heterocycles. The molecule has 3 aromatic rings. The van der Waals surface area contributed by atoms with E-state index in [1.807, 2.05) is 42.8 Å². The molecule has 9 heteroatoms. The molecule has 2 N–H and O–H groups in total. The number of sulfonamides is 1. The summed E-state index contributed by atoms with van der Waals surface area (Å²) in [4.78, 5) is 12.4. The van der Waals surface area contributed by atoms with Gasteiger partial charge in [-0.15, -0.1) is 0 Å². The zero-order chi connectivity index (χ0) is 22.6. The third kappa shape index (κ3) is 5.41. The molecule has 1 aromatic heterocycles. The molecule has 0 bridgehead atoms. The van der Waals surface area contributed by atoms with Crippen LogP contribution in [-0.2, 0) is 21.4 Å². The standard InChI is InChI=1S/C22H23ClN4O3S/c1-15-20(16(2)27(26-15)14-17-7-4-5-10-21(17)23)11-12-22(28)25-18-8-6-9-19(13-18)31(29,30)24-3/h4-13,24H,14H2,1-3H3,(H,25,28)/b12-11+. The molecule has 1 amide bonds. The van der Waals surface area contributed by atoms with E-state index in [1.54, 1.807) is 18.2 Å². The Labute approximate surface area is 186 Å². The number of aromatic nitrogens is 2. The number of aryl methyl sites for hydroxylation is 1. The number of hydrogen-bond acceptors (Lipinski definition) is 4. The normalized spacial score (nSPS) is 11.7. The maximum atomic E-state index is 12.4. The zero-order valence-corrected chi connectivity index (χ0v) is 19.0. The highest BCUT2D eigenvalue weighted by Gasteiger charge is 2.13. The van der Waals surface area contributed by atoms with Gasteiger partial charge in [0.05, 0.1) is 17.1 Å². The van der Waals surface area contributed by atoms with Crippen LogP contribution in [0, 0.1) is 13.8 Å². The monoisotopic (exact) mass is 458 g/mol. The molecule has 0 fully saturated rings. The Morgan fingerprint density at radius 2 is 1.90 bits per heavy atom. The summed E-state index contributed by atoms with van der Waals surface area (Å²) in [6, 6.07) is 13.6. The maximum Gasteiger partial charge on any atom is 0.248 e. The topological polar surface area (TPSA) is 93.1 Å². The molecule has 31 heavy (non-hydrogen) atoms. The van der Waals surface area contributed by atoms with Crippen molar-refractivity contribution in [3.8, 4) is 0 Å². The predicted molar refractivity (Wildman–Crippen MR) is 123 cm³/mol. The van der Waals surface area contributed by atoms with Crippen LogP contribution < -0.4 is 10.0 Å². The number of anilines is 1. The van der Waals surface area contributed by atoms with Crippen molar-refractivity contribution < 1.29 is 13.2 Å². The average Bonchev–Trinajstić information content (AvgIpc) is 3.01. The smallest absolute Gasteiger partial charge is 0.248 e. The summed E-state index contributed by atoms with van der Waals surface area (Å²) in [7, 11) is -2.26. The SMILES string of the molecule is CNS(=O)(=O)c1cccc(NC(=O)/C=C/c2c(C)nn(Cc3ccccc3Cl)c2C)c1. The summed E-state index contributed by atoms with van der Waals surface area (Å²) in [5.41, 5.74) is 3.88. The van der Waals surface area contributed by atoms with Gasteiger partial charge in [0.1, 0.15) is 0 Å². The summed E-state index contributed by atoms with van der Waals surface area (Å²) in [5, 5.41) is 7.91. The lowest BCUT2D eigenvalue weighted by molar-refractivity contribution is -0.111. The van der Waals surface area contributed by atoms with E-state index in [9.17, 15) is 13.2 Å². The van der Waals surface area contributed by atoms with Gasteiger partial charge in [-0.05, 0) is 56.8 Å². The highest BCUT2D eigenvalue weighted by atomic mass is 35.5. The molecular formula is C22H23ClN4O3S. The van der Waals surface area contributed by atoms with Gasteiger partial charge in [-0.2, -0.15) is 5.10 Å². The molecule has 0 saturated heterocycles. The van der Waals surface area contributed by atoms with Crippen molar-refractivity contribution in [2.45, 2.75) is 25.3 Å². The van der Waals surface area contributed by atoms with Gasteiger partial charge in [0.15, 0.2) is 0 Å². The van der Waals surface area contributed by atoms with Crippen LogP contribution in [0.3, 0.4) is 0 Å². The number of amides is 1. The predicted octanol–water partition coefficient (Wildman–Crippen LogP) is 3.76. The van der Waals surface area contributed by atoms with Crippen molar-refractivity contribution in [2.24, 2.45) is 0 Å². The highest BCUT2D eigenvalue weighted by molar-refractivity contribution is 7.89. The number of nitrogens with one attached hydrogen (secondary N) is 2. The highest BCUT2D eigenvalue weighted by Crippen LogP contribution is 2.20. The zero-order valence-electron chi connectivity index (χ0n) is 17.4. The first-order chi connectivity index (χ1) is 14.7. The Hall–Kier alpha value is -2.94. The summed E-state index contributed by atoms with van der Waals surface area (Å²) >= 11 is 6.25. The van der Waals surface area contributed by atoms with Crippen molar-refractivity contribution in [3.05, 3.63) is 82.1 Å². The number of carbonyl (C=O) groups is 1. The fourth-order valence-corrected chi connectivity index (χ4v) is 4.07. The van der Waals surface area contributed by atoms with Crippen molar-refractivity contribution in [2.75, 3.05) is 12.4 Å². The van der Waals surface area contributed by atoms with E-state index >= 15 is 0 Å². The number of benzene rings is 2. The molecule has 0 aliphatic carbocycles. The largest absolute Gasteiger partial charge is 0.322 e. The molecule has 7 nitrogen and oxygen atoms in total. The Morgan fingerprint density at radius 1 is 1.16 bits per heavy atom. The Bertz CT molecular complexity index is 1250. The van der Waals surface area contributed by atoms with Crippen LogP contribution in [0.25, 0.3) is 6.08 Å². The summed E-state index contributed by atoms with van der Waals surface area (Å²) in [5.74, 6) is -0.378. The molecule has 162 valence electrons. The minimum Gasteiger partial charge on any atom is -0.322 e. The average molecular weight is 459 g/mol. The summed E-state index contributed by atoms with van der Waals surface area (Å²) in [6.45, 7) is 4.33. The molecule has 0 radical (unpaired) electrons. The van der Waals surface area contributed by atoms with E-state index in [1.165, 1.54) is 25.3 Å². The molecule has 0 unspecified atom stereocenters. The first-order valence-corrected chi connectivity index (χ1v) is 11.4. The van der Waals surface area contributed by atoms with Gasteiger partial charge in [0.25, 0.3) is 0 Å². The van der Waals surface area contributed by atoms with E-state index in [4.69, 9.17) is 11.6 Å². The van der Waals surface area contributed by atoms with Gasteiger partial charge < -0.3 is 5.32 Å². The third-order valence-corrected chi connectivity index (χ3v) is 6.58. The van der Waals surface area contributed by atoms with Crippen LogP contribution in [0.4, 0.5) is 5.69 Å². The number of rotatable bonds is 7. The quantitative estimate of drug-likeness (QED) is 0.527. The van der Waals surface area contributed by atoms with Gasteiger partial charge in [-0.25, -0.2) is 13.1 Å². The number of halogens is 1. The Balaban J connectivity index is 1.75. The van der Waals surface area contributed by atoms with E-state index in [2.05, 4.69) is 15.1 Å². The minimum absolute atomic E-state index is 0.0734. The van der Waals surface area contributed by atoms with Crippen LogP contribution >= 0.6 is 11.6 Å². The minimum atomic E-state index is -3.59. The summed E-state index contributed by atoms with van der Waals surface area (Å²) < 4.78 is 27.9. The van der Waals surface area contributed by atoms with Gasteiger partial charge >= 0.3 is 0 Å². The van der Waals surface area contributed by atoms with Crippen LogP contribution in [0.2, 0.25) is 5.02 Å².